The smallest absolute Gasteiger partial charge is 0.155 e. The molecule has 1 atom stereocenters. The van der Waals surface area contributed by atoms with Crippen molar-refractivity contribution in [3.05, 3.63) is 11.1 Å². The summed E-state index contributed by atoms with van der Waals surface area (Å²) in [4.78, 5) is 2.55. The van der Waals surface area contributed by atoms with Crippen molar-refractivity contribution in [1.82, 2.24) is 4.90 Å². The van der Waals surface area contributed by atoms with E-state index in [0.29, 0.717) is 6.04 Å². The number of nitrogens with zero attached hydrogens (tertiary/aromatic N) is 1. The van der Waals surface area contributed by atoms with E-state index >= 15 is 0 Å². The van der Waals surface area contributed by atoms with Crippen LogP contribution in [-0.2, 0) is 0 Å². The molecule has 0 amide bonds. The average molecular weight is 218 g/mol. The molecule has 0 aromatic rings. The average Bonchev–Trinajstić information content (AvgIpc) is 2.48. The molecule has 1 saturated carbocycles. The fourth-order valence-electron chi connectivity index (χ4n) is 2.25. The molecule has 0 aromatic heterocycles. The molecule has 74 valence electrons. The predicted molar refractivity (Wildman–Crippen MR) is 59.7 cm³/mol. The second-order valence-corrected chi connectivity index (χ2v) is 5.51. The number of hydrogen-bond acceptors (Lipinski definition) is 2. The van der Waals surface area contributed by atoms with Gasteiger partial charge in [0.15, 0.2) is 4.83 Å². The Hall–Kier alpha value is 0.180. The lowest BCUT2D eigenvalue weighted by molar-refractivity contribution is 0.220. The molecule has 0 saturated heterocycles. The van der Waals surface area contributed by atoms with E-state index in [0.717, 1.165) is 0 Å². The molecule has 1 aliphatic carbocycles. The molecule has 0 spiro atoms. The Labute approximate surface area is 89.5 Å². The standard InChI is InChI=1S/C10H16ClNS/c1-8-7-13-10(11)12(8)9-5-3-2-4-6-9/h7,9-10H,2-6H2,1H3. The zero-order valence-corrected chi connectivity index (χ0v) is 9.57. The highest BCUT2D eigenvalue weighted by Gasteiger charge is 2.29. The van der Waals surface area contributed by atoms with Crippen LogP contribution in [0.5, 0.6) is 0 Å². The molecule has 0 aromatic carbocycles. The third-order valence-electron chi connectivity index (χ3n) is 2.94. The fourth-order valence-corrected chi connectivity index (χ4v) is 3.62. The molecule has 1 fully saturated rings. The minimum absolute atomic E-state index is 0.156. The third kappa shape index (κ3) is 1.99. The van der Waals surface area contributed by atoms with Gasteiger partial charge in [0.05, 0.1) is 0 Å². The normalized spacial score (nSPS) is 30.8. The number of hydrogen-bond donors (Lipinski definition) is 0. The van der Waals surface area contributed by atoms with Crippen molar-refractivity contribution in [2.24, 2.45) is 0 Å². The second-order valence-electron chi connectivity index (χ2n) is 3.89. The Morgan fingerprint density at radius 1 is 1.38 bits per heavy atom. The van der Waals surface area contributed by atoms with Crippen molar-refractivity contribution in [3.63, 3.8) is 0 Å². The van der Waals surface area contributed by atoms with Gasteiger partial charge in [-0.25, -0.2) is 0 Å². The van der Waals surface area contributed by atoms with Crippen LogP contribution in [0, 0.1) is 0 Å². The Morgan fingerprint density at radius 2 is 2.08 bits per heavy atom. The molecule has 2 aliphatic rings. The summed E-state index contributed by atoms with van der Waals surface area (Å²) in [5.41, 5.74) is 1.36. The van der Waals surface area contributed by atoms with Crippen molar-refractivity contribution in [1.29, 1.82) is 0 Å². The van der Waals surface area contributed by atoms with Gasteiger partial charge < -0.3 is 4.90 Å². The summed E-state index contributed by atoms with van der Waals surface area (Å²) < 4.78 is 0. The summed E-state index contributed by atoms with van der Waals surface area (Å²) >= 11 is 7.98. The molecule has 1 aliphatic heterocycles. The van der Waals surface area contributed by atoms with Crippen molar-refractivity contribution in [3.8, 4) is 0 Å². The van der Waals surface area contributed by atoms with E-state index in [1.807, 2.05) is 0 Å². The Balaban J connectivity index is 2.01. The maximum atomic E-state index is 6.24. The van der Waals surface area contributed by atoms with Crippen molar-refractivity contribution >= 4 is 23.4 Å². The monoisotopic (exact) mass is 217 g/mol. The lowest BCUT2D eigenvalue weighted by Gasteiger charge is -2.35. The van der Waals surface area contributed by atoms with Crippen molar-refractivity contribution in [2.45, 2.75) is 49.9 Å². The quantitative estimate of drug-likeness (QED) is 0.486. The Kier molecular flexibility index (Phi) is 3.10. The first-order valence-corrected chi connectivity index (χ1v) is 6.41. The first-order chi connectivity index (χ1) is 6.29. The number of alkyl halides is 1. The molecule has 3 heteroatoms. The van der Waals surface area contributed by atoms with Gasteiger partial charge >= 0.3 is 0 Å². The molecule has 1 heterocycles. The molecule has 2 rings (SSSR count). The summed E-state index contributed by atoms with van der Waals surface area (Å²) in [6.45, 7) is 2.17. The highest BCUT2D eigenvalue weighted by Crippen LogP contribution is 2.38. The largest absolute Gasteiger partial charge is 0.347 e. The van der Waals surface area contributed by atoms with Gasteiger partial charge in [0.2, 0.25) is 0 Å². The predicted octanol–water partition coefficient (Wildman–Crippen LogP) is 3.75. The second kappa shape index (κ2) is 4.14. The zero-order valence-electron chi connectivity index (χ0n) is 8.00. The third-order valence-corrected chi connectivity index (χ3v) is 4.39. The van der Waals surface area contributed by atoms with E-state index in [2.05, 4.69) is 17.2 Å². The van der Waals surface area contributed by atoms with Gasteiger partial charge in [-0.05, 0) is 25.2 Å². The zero-order chi connectivity index (χ0) is 9.26. The van der Waals surface area contributed by atoms with E-state index in [9.17, 15) is 0 Å². The van der Waals surface area contributed by atoms with Gasteiger partial charge in [-0.3, -0.25) is 0 Å². The van der Waals surface area contributed by atoms with Crippen LogP contribution in [0.15, 0.2) is 11.1 Å². The first-order valence-electron chi connectivity index (χ1n) is 5.03. The van der Waals surface area contributed by atoms with Crippen LogP contribution < -0.4 is 0 Å². The van der Waals surface area contributed by atoms with Crippen LogP contribution in [0.25, 0.3) is 0 Å². The van der Waals surface area contributed by atoms with Gasteiger partial charge in [-0.2, -0.15) is 0 Å². The molecule has 13 heavy (non-hydrogen) atoms. The summed E-state index contributed by atoms with van der Waals surface area (Å²) in [5, 5.41) is 2.19. The first kappa shape index (κ1) is 9.72. The fraction of sp³-hybridized carbons (Fsp3) is 0.800. The highest BCUT2D eigenvalue weighted by atomic mass is 35.5. The minimum atomic E-state index is 0.156. The van der Waals surface area contributed by atoms with Crippen LogP contribution in [0.4, 0.5) is 0 Å². The van der Waals surface area contributed by atoms with Crippen LogP contribution in [-0.4, -0.2) is 15.8 Å². The van der Waals surface area contributed by atoms with Crippen LogP contribution >= 0.6 is 23.4 Å². The summed E-state index contributed by atoms with van der Waals surface area (Å²) in [6, 6.07) is 0.711. The van der Waals surface area contributed by atoms with Gasteiger partial charge in [-0.1, -0.05) is 42.6 Å². The Bertz CT molecular complexity index is 211. The summed E-state index contributed by atoms with van der Waals surface area (Å²) in [7, 11) is 0. The van der Waals surface area contributed by atoms with Crippen molar-refractivity contribution in [2.75, 3.05) is 0 Å². The van der Waals surface area contributed by atoms with Crippen LogP contribution in [0.2, 0.25) is 0 Å². The van der Waals surface area contributed by atoms with Gasteiger partial charge in [0, 0.05) is 11.7 Å². The number of allylic oxidation sites excluding steroid dienone is 1. The Morgan fingerprint density at radius 3 is 2.62 bits per heavy atom. The topological polar surface area (TPSA) is 3.24 Å². The molecule has 0 bridgehead atoms. The van der Waals surface area contributed by atoms with E-state index in [1.54, 1.807) is 11.8 Å². The van der Waals surface area contributed by atoms with Crippen molar-refractivity contribution < 1.29 is 0 Å². The van der Waals surface area contributed by atoms with Gasteiger partial charge in [0.1, 0.15) is 0 Å². The van der Waals surface area contributed by atoms with Gasteiger partial charge in [-0.15, -0.1) is 0 Å². The van der Waals surface area contributed by atoms with Crippen LogP contribution in [0.3, 0.4) is 0 Å². The highest BCUT2D eigenvalue weighted by molar-refractivity contribution is 8.04. The molecular weight excluding hydrogens is 202 g/mol. The lowest BCUT2D eigenvalue weighted by Crippen LogP contribution is -2.36. The summed E-state index contributed by atoms with van der Waals surface area (Å²) in [5.74, 6) is 0. The van der Waals surface area contributed by atoms with Crippen LogP contribution in [0.1, 0.15) is 39.0 Å². The SMILES string of the molecule is CC1=CSC(Cl)N1C1CCCCC1. The molecular formula is C10H16ClNS. The molecule has 0 N–H and O–H groups in total. The number of rotatable bonds is 1. The maximum Gasteiger partial charge on any atom is 0.155 e. The van der Waals surface area contributed by atoms with E-state index in [4.69, 9.17) is 11.6 Å². The number of thioether (sulfide) groups is 1. The lowest BCUT2D eigenvalue weighted by atomic mass is 9.94. The van der Waals surface area contributed by atoms with E-state index in [1.165, 1.54) is 37.8 Å². The maximum absolute atomic E-state index is 6.24. The number of halogens is 1. The molecule has 0 radical (unpaired) electrons. The molecule has 1 nitrogen and oxygen atoms in total. The van der Waals surface area contributed by atoms with E-state index in [-0.39, 0.29) is 4.83 Å². The van der Waals surface area contributed by atoms with E-state index < -0.39 is 0 Å². The minimum Gasteiger partial charge on any atom is -0.347 e. The molecule has 1 unspecified atom stereocenters. The summed E-state index contributed by atoms with van der Waals surface area (Å²) in [6.07, 6.45) is 6.82. The van der Waals surface area contributed by atoms with Gasteiger partial charge in [0.25, 0.3) is 0 Å².